The van der Waals surface area contributed by atoms with Crippen LogP contribution < -0.4 is 16.4 Å². The van der Waals surface area contributed by atoms with Gasteiger partial charge in [0, 0.05) is 28.9 Å². The van der Waals surface area contributed by atoms with Crippen molar-refractivity contribution in [3.63, 3.8) is 0 Å². The molecule has 2 aromatic rings. The van der Waals surface area contributed by atoms with Crippen LogP contribution in [0.1, 0.15) is 67.9 Å². The Morgan fingerprint density at radius 2 is 1.66 bits per heavy atom. The summed E-state index contributed by atoms with van der Waals surface area (Å²) in [7, 11) is 0. The molecule has 35 heavy (non-hydrogen) atoms. The van der Waals surface area contributed by atoms with E-state index in [1.807, 2.05) is 59.8 Å². The Labute approximate surface area is 223 Å². The van der Waals surface area contributed by atoms with Crippen molar-refractivity contribution in [1.82, 2.24) is 0 Å². The highest BCUT2D eigenvalue weighted by atomic mass is 79.9. The number of rotatable bonds is 5. The Morgan fingerprint density at radius 3 is 2.20 bits per heavy atom. The number of benzene rings is 2. The van der Waals surface area contributed by atoms with Gasteiger partial charge in [0.1, 0.15) is 0 Å². The van der Waals surface area contributed by atoms with Crippen molar-refractivity contribution in [2.45, 2.75) is 68.4 Å². The lowest BCUT2D eigenvalue weighted by Crippen LogP contribution is -2.16. The minimum absolute atomic E-state index is 0.190. The van der Waals surface area contributed by atoms with Gasteiger partial charge in [-0.15, -0.1) is 0 Å². The lowest BCUT2D eigenvalue weighted by Gasteiger charge is -2.23. The maximum atomic E-state index is 6.48. The van der Waals surface area contributed by atoms with E-state index >= 15 is 0 Å². The topological polar surface area (TPSA) is 50.1 Å². The number of allylic oxidation sites excluding steroid dienone is 7. The number of nitrogens with two attached hydrogens (primary N) is 1. The van der Waals surface area contributed by atoms with Gasteiger partial charge in [0.05, 0.1) is 17.1 Å². The molecule has 3 nitrogen and oxygen atoms in total. The zero-order valence-electron chi connectivity index (χ0n) is 23.2. The van der Waals surface area contributed by atoms with Crippen LogP contribution in [0.25, 0.3) is 16.8 Å². The van der Waals surface area contributed by atoms with Crippen molar-refractivity contribution in [2.24, 2.45) is 0 Å². The first-order valence-electron chi connectivity index (χ1n) is 12.6. The fourth-order valence-electron chi connectivity index (χ4n) is 3.23. The van der Waals surface area contributed by atoms with Gasteiger partial charge in [0.25, 0.3) is 0 Å². The number of fused-ring (bicyclic) bond motifs is 3. The molecule has 0 saturated heterocycles. The first-order chi connectivity index (χ1) is 16.8. The molecule has 1 heterocycles. The summed E-state index contributed by atoms with van der Waals surface area (Å²) < 4.78 is 1.17. The minimum atomic E-state index is 0.190. The highest BCUT2D eigenvalue weighted by Crippen LogP contribution is 2.41. The number of halogens is 1. The summed E-state index contributed by atoms with van der Waals surface area (Å²) in [5, 5.41) is 9.36. The molecule has 0 aliphatic carbocycles. The molecule has 1 unspecified atom stereocenters. The highest BCUT2D eigenvalue weighted by Gasteiger charge is 2.17. The fraction of sp³-hybridized carbons (Fsp3) is 0.355. The quantitative estimate of drug-likeness (QED) is 0.201. The first-order valence-corrected chi connectivity index (χ1v) is 13.4. The predicted octanol–water partition coefficient (Wildman–Crippen LogP) is 10.1. The second kappa shape index (κ2) is 18.6. The molecule has 0 radical (unpaired) electrons. The van der Waals surface area contributed by atoms with Crippen LogP contribution >= 0.6 is 15.9 Å². The van der Waals surface area contributed by atoms with Crippen LogP contribution in [0.5, 0.6) is 0 Å². The van der Waals surface area contributed by atoms with E-state index in [1.54, 1.807) is 0 Å². The standard InChI is InChI=1S/C20H23N3.C7H11Br.2C2H6/c1-3-4-5-9-14(2)23-20-16-11-7-6-10-15(16)19-17(18(20)21)12-8-13-22-19;1-6(2)4-5-7(3)8;2*1-2/h3-12,14,22-23H,13,21H2,1-2H3;4-5H,1-3H3;2*1-2H3/b4-3-,9-5-;7-5+;;. The van der Waals surface area contributed by atoms with Crippen LogP contribution in [0.15, 0.2) is 76.9 Å². The van der Waals surface area contributed by atoms with Gasteiger partial charge in [0.15, 0.2) is 0 Å². The molecular formula is C31H46BrN3. The molecule has 0 spiro atoms. The second-order valence-electron chi connectivity index (χ2n) is 7.75. The van der Waals surface area contributed by atoms with Crippen molar-refractivity contribution < 1.29 is 0 Å². The number of nitrogens with one attached hydrogen (secondary N) is 2. The van der Waals surface area contributed by atoms with Crippen LogP contribution in [0, 0.1) is 0 Å². The van der Waals surface area contributed by atoms with Crippen molar-refractivity contribution in [2.75, 3.05) is 22.9 Å². The fourth-order valence-corrected chi connectivity index (χ4v) is 3.37. The molecule has 0 fully saturated rings. The Hall–Kier alpha value is -2.72. The molecular weight excluding hydrogens is 494 g/mol. The molecule has 4 N–H and O–H groups in total. The Bertz CT molecular complexity index is 1020. The zero-order valence-corrected chi connectivity index (χ0v) is 24.8. The molecule has 192 valence electrons. The number of nitrogen functional groups attached to an aromatic ring is 1. The van der Waals surface area contributed by atoms with Crippen molar-refractivity contribution >= 4 is 49.8 Å². The van der Waals surface area contributed by atoms with E-state index in [9.17, 15) is 0 Å². The molecule has 1 aliphatic rings. The van der Waals surface area contributed by atoms with E-state index in [0.29, 0.717) is 0 Å². The monoisotopic (exact) mass is 539 g/mol. The third kappa shape index (κ3) is 11.0. The Morgan fingerprint density at radius 1 is 1.03 bits per heavy atom. The molecule has 0 amide bonds. The van der Waals surface area contributed by atoms with Gasteiger partial charge in [-0.1, -0.05) is 122 Å². The highest BCUT2D eigenvalue weighted by molar-refractivity contribution is 9.11. The lowest BCUT2D eigenvalue weighted by molar-refractivity contribution is 1.00. The van der Waals surface area contributed by atoms with E-state index in [-0.39, 0.29) is 6.04 Å². The normalized spacial score (nSPS) is 12.8. The number of anilines is 3. The zero-order chi connectivity index (χ0) is 26.8. The van der Waals surface area contributed by atoms with E-state index in [0.717, 1.165) is 34.6 Å². The van der Waals surface area contributed by atoms with E-state index in [4.69, 9.17) is 5.73 Å². The molecule has 0 saturated carbocycles. The molecule has 4 heteroatoms. The number of hydrogen-bond acceptors (Lipinski definition) is 3. The summed E-state index contributed by atoms with van der Waals surface area (Å²) >= 11 is 3.32. The van der Waals surface area contributed by atoms with Crippen LogP contribution in [0.4, 0.5) is 17.1 Å². The number of hydrogen-bond donors (Lipinski definition) is 3. The van der Waals surface area contributed by atoms with Gasteiger partial charge in [0.2, 0.25) is 0 Å². The van der Waals surface area contributed by atoms with Gasteiger partial charge in [-0.2, -0.15) is 0 Å². The third-order valence-corrected chi connectivity index (χ3v) is 4.96. The summed E-state index contributed by atoms with van der Waals surface area (Å²) in [6.45, 7) is 19.1. The molecule has 2 aromatic carbocycles. The van der Waals surface area contributed by atoms with Gasteiger partial charge in [-0.3, -0.25) is 0 Å². The lowest BCUT2D eigenvalue weighted by atomic mass is 9.97. The molecule has 1 aliphatic heterocycles. The molecule has 0 aromatic heterocycles. The molecule has 0 bridgehead atoms. The van der Waals surface area contributed by atoms with Crippen molar-refractivity contribution in [3.8, 4) is 0 Å². The summed E-state index contributed by atoms with van der Waals surface area (Å²) in [6, 6.07) is 8.58. The van der Waals surface area contributed by atoms with E-state index in [1.165, 1.54) is 15.4 Å². The molecule has 3 rings (SSSR count). The Kier molecular flexibility index (Phi) is 17.1. The van der Waals surface area contributed by atoms with Crippen molar-refractivity contribution in [1.29, 1.82) is 0 Å². The predicted molar refractivity (Wildman–Crippen MR) is 168 cm³/mol. The maximum Gasteiger partial charge on any atom is 0.0665 e. The van der Waals surface area contributed by atoms with Crippen molar-refractivity contribution in [3.05, 3.63) is 82.4 Å². The summed E-state index contributed by atoms with van der Waals surface area (Å²) in [5.74, 6) is 0. The van der Waals surface area contributed by atoms with E-state index in [2.05, 4.69) is 102 Å². The van der Waals surface area contributed by atoms with Gasteiger partial charge >= 0.3 is 0 Å². The summed E-state index contributed by atoms with van der Waals surface area (Å²) in [5.41, 5.74) is 11.8. The first kappa shape index (κ1) is 32.3. The average molecular weight is 541 g/mol. The minimum Gasteiger partial charge on any atom is -0.396 e. The van der Waals surface area contributed by atoms with Crippen LogP contribution in [-0.2, 0) is 0 Å². The summed E-state index contributed by atoms with van der Waals surface area (Å²) in [6.07, 6.45) is 16.5. The van der Waals surface area contributed by atoms with Gasteiger partial charge in [-0.05, 0) is 39.1 Å². The molecule has 1 atom stereocenters. The Balaban J connectivity index is 0.000000817. The van der Waals surface area contributed by atoms with E-state index < -0.39 is 0 Å². The van der Waals surface area contributed by atoms with Crippen LogP contribution in [0.3, 0.4) is 0 Å². The second-order valence-corrected chi connectivity index (χ2v) is 9.00. The summed E-state index contributed by atoms with van der Waals surface area (Å²) in [4.78, 5) is 0. The maximum absolute atomic E-state index is 6.48. The SMILES string of the molecule is C/C=C\C=C/C(C)Nc1c(N)c2c(c3ccccc13)NCC=C2.CC.CC.CC(C)=C/C=C(\C)Br. The van der Waals surface area contributed by atoms with Crippen LogP contribution in [0.2, 0.25) is 0 Å². The van der Waals surface area contributed by atoms with Gasteiger partial charge in [-0.25, -0.2) is 0 Å². The van der Waals surface area contributed by atoms with Crippen LogP contribution in [-0.4, -0.2) is 12.6 Å². The van der Waals surface area contributed by atoms with Gasteiger partial charge < -0.3 is 16.4 Å². The third-order valence-electron chi connectivity index (χ3n) is 4.70. The smallest absolute Gasteiger partial charge is 0.0665 e. The largest absolute Gasteiger partial charge is 0.396 e. The average Bonchev–Trinajstić information content (AvgIpc) is 2.88.